The molecule has 0 N–H and O–H groups in total. The first-order chi connectivity index (χ1) is 21.3. The second-order valence-corrected chi connectivity index (χ2v) is 10.4. The molecule has 0 aliphatic carbocycles. The zero-order chi connectivity index (χ0) is 29.0. The summed E-state index contributed by atoms with van der Waals surface area (Å²) >= 11 is 0. The van der Waals surface area contributed by atoms with E-state index in [-0.39, 0.29) is 0 Å². The lowest BCUT2D eigenvalue weighted by Crippen LogP contribution is -2.16. The molecule has 210 valence electrons. The average Bonchev–Trinajstić information content (AvgIpc) is 3.60. The molecular formula is C39H32N2O2. The Labute approximate surface area is 251 Å². The fourth-order valence-electron chi connectivity index (χ4n) is 5.77. The van der Waals surface area contributed by atoms with E-state index in [0.717, 1.165) is 62.5 Å². The van der Waals surface area contributed by atoms with Gasteiger partial charge in [-0.2, -0.15) is 0 Å². The Balaban J connectivity index is 1.27. The van der Waals surface area contributed by atoms with Gasteiger partial charge >= 0.3 is 0 Å². The molecule has 7 rings (SSSR count). The van der Waals surface area contributed by atoms with Crippen LogP contribution in [0.5, 0.6) is 0 Å². The van der Waals surface area contributed by atoms with E-state index in [1.807, 2.05) is 30.3 Å². The van der Waals surface area contributed by atoms with Gasteiger partial charge in [-0.3, -0.25) is 0 Å². The van der Waals surface area contributed by atoms with Crippen molar-refractivity contribution in [2.45, 2.75) is 13.3 Å². The topological polar surface area (TPSA) is 32.8 Å². The van der Waals surface area contributed by atoms with Gasteiger partial charge in [0.15, 0.2) is 0 Å². The normalized spacial score (nSPS) is 11.5. The van der Waals surface area contributed by atoms with Crippen LogP contribution < -0.4 is 9.80 Å². The second-order valence-electron chi connectivity index (χ2n) is 10.4. The van der Waals surface area contributed by atoms with E-state index >= 15 is 0 Å². The highest BCUT2D eigenvalue weighted by atomic mass is 16.5. The van der Waals surface area contributed by atoms with Crippen LogP contribution in [0.15, 0.2) is 154 Å². The van der Waals surface area contributed by atoms with Crippen molar-refractivity contribution < 1.29 is 8.83 Å². The third-order valence-electron chi connectivity index (χ3n) is 7.77. The van der Waals surface area contributed by atoms with Crippen molar-refractivity contribution >= 4 is 56.6 Å². The zero-order valence-corrected chi connectivity index (χ0v) is 24.1. The van der Waals surface area contributed by atoms with Crippen molar-refractivity contribution in [1.29, 1.82) is 0 Å². The highest BCUT2D eigenvalue weighted by Gasteiger charge is 2.21. The molecule has 5 aromatic carbocycles. The van der Waals surface area contributed by atoms with Crippen LogP contribution >= 0.6 is 0 Å². The minimum atomic E-state index is 0.567. The van der Waals surface area contributed by atoms with Gasteiger partial charge in [0.2, 0.25) is 0 Å². The molecular weight excluding hydrogens is 528 g/mol. The van der Waals surface area contributed by atoms with Crippen LogP contribution in [0.1, 0.15) is 18.2 Å². The molecule has 0 bridgehead atoms. The number of anilines is 5. The first-order valence-corrected chi connectivity index (χ1v) is 14.7. The summed E-state index contributed by atoms with van der Waals surface area (Å²) in [5.41, 5.74) is 7.52. The minimum absolute atomic E-state index is 0.567. The molecule has 0 aliphatic rings. The number of nitrogens with zero attached hydrogens (tertiary/aromatic N) is 2. The minimum Gasteiger partial charge on any atom is -0.425 e. The second kappa shape index (κ2) is 11.8. The van der Waals surface area contributed by atoms with Crippen molar-refractivity contribution in [2.24, 2.45) is 0 Å². The SMILES string of the molecule is CCc1c(/C=C\CN(c2ccccc2)c2ccccc2)oc2oc3ccc(N(c4ccccc4)c4ccccc4)cc3c12. The standard InChI is InChI=1S/C39H32N2O2/c1-2-34-36(24-15-27-40(29-16-7-3-8-17-29)30-18-9-4-10-19-30)42-39-38(34)35-28-33(25-26-37(35)43-39)41(31-20-11-5-12-21-31)32-22-13-6-14-23-32/h3-26,28H,2,27H2,1H3/b24-15-. The van der Waals surface area contributed by atoms with Crippen LogP contribution in [-0.4, -0.2) is 6.54 Å². The van der Waals surface area contributed by atoms with Crippen LogP contribution in [0.3, 0.4) is 0 Å². The van der Waals surface area contributed by atoms with Crippen LogP contribution in [0, 0.1) is 0 Å². The number of hydrogen-bond acceptors (Lipinski definition) is 4. The van der Waals surface area contributed by atoms with Crippen LogP contribution in [0.4, 0.5) is 28.4 Å². The Morgan fingerprint density at radius 1 is 0.581 bits per heavy atom. The lowest BCUT2D eigenvalue weighted by Gasteiger charge is -2.25. The van der Waals surface area contributed by atoms with E-state index in [1.54, 1.807) is 0 Å². The van der Waals surface area contributed by atoms with E-state index < -0.39 is 0 Å². The van der Waals surface area contributed by atoms with Gasteiger partial charge in [0, 0.05) is 45.9 Å². The smallest absolute Gasteiger partial charge is 0.299 e. The monoisotopic (exact) mass is 560 g/mol. The molecule has 2 heterocycles. The summed E-state index contributed by atoms with van der Waals surface area (Å²) in [6.07, 6.45) is 5.08. The summed E-state index contributed by atoms with van der Waals surface area (Å²) in [5.74, 6) is 1.41. The first-order valence-electron chi connectivity index (χ1n) is 14.7. The number of rotatable bonds is 9. The molecule has 0 fully saturated rings. The third kappa shape index (κ3) is 5.20. The maximum atomic E-state index is 6.35. The lowest BCUT2D eigenvalue weighted by atomic mass is 10.1. The Bertz CT molecular complexity index is 1900. The van der Waals surface area contributed by atoms with Gasteiger partial charge in [0.1, 0.15) is 11.3 Å². The summed E-state index contributed by atoms with van der Waals surface area (Å²) in [6.45, 7) is 2.87. The third-order valence-corrected chi connectivity index (χ3v) is 7.77. The number of fused-ring (bicyclic) bond motifs is 3. The fourth-order valence-corrected chi connectivity index (χ4v) is 5.77. The van der Waals surface area contributed by atoms with Crippen LogP contribution in [0.2, 0.25) is 0 Å². The van der Waals surface area contributed by atoms with E-state index in [0.29, 0.717) is 12.3 Å². The van der Waals surface area contributed by atoms with Gasteiger partial charge in [-0.1, -0.05) is 85.8 Å². The zero-order valence-electron chi connectivity index (χ0n) is 24.1. The maximum absolute atomic E-state index is 6.35. The lowest BCUT2D eigenvalue weighted by molar-refractivity contribution is 0.491. The predicted molar refractivity (Wildman–Crippen MR) is 179 cm³/mol. The Morgan fingerprint density at radius 3 is 1.65 bits per heavy atom. The molecule has 0 atom stereocenters. The molecule has 0 unspecified atom stereocenters. The number of benzene rings is 5. The predicted octanol–water partition coefficient (Wildman–Crippen LogP) is 11.1. The molecule has 4 nitrogen and oxygen atoms in total. The number of furan rings is 2. The number of para-hydroxylation sites is 4. The van der Waals surface area contributed by atoms with Crippen molar-refractivity contribution in [1.82, 2.24) is 0 Å². The molecule has 4 heteroatoms. The summed E-state index contributed by atoms with van der Waals surface area (Å²) in [4.78, 5) is 4.56. The van der Waals surface area contributed by atoms with Gasteiger partial charge < -0.3 is 18.6 Å². The Morgan fingerprint density at radius 2 is 1.12 bits per heavy atom. The molecule has 0 radical (unpaired) electrons. The largest absolute Gasteiger partial charge is 0.425 e. The number of aryl methyl sites for hydroxylation is 1. The summed E-state index contributed by atoms with van der Waals surface area (Å²) in [6, 6.07) is 48.2. The Hall–Kier alpha value is -5.48. The first kappa shape index (κ1) is 26.4. The van der Waals surface area contributed by atoms with Crippen LogP contribution in [-0.2, 0) is 6.42 Å². The fraction of sp³-hybridized carbons (Fsp3) is 0.0769. The summed E-state index contributed by atoms with van der Waals surface area (Å²) in [5, 5.41) is 2.10. The Kier molecular flexibility index (Phi) is 7.24. The van der Waals surface area contributed by atoms with Gasteiger partial charge in [-0.25, -0.2) is 0 Å². The molecule has 0 amide bonds. The quantitative estimate of drug-likeness (QED) is 0.176. The molecule has 2 aromatic heterocycles. The van der Waals surface area contributed by atoms with Gasteiger partial charge in [0.25, 0.3) is 5.78 Å². The highest BCUT2D eigenvalue weighted by molar-refractivity contribution is 6.07. The van der Waals surface area contributed by atoms with Crippen molar-refractivity contribution in [2.75, 3.05) is 16.3 Å². The molecule has 7 aromatic rings. The van der Waals surface area contributed by atoms with Gasteiger partial charge in [0.05, 0.1) is 5.39 Å². The van der Waals surface area contributed by atoms with Crippen molar-refractivity contribution in [3.8, 4) is 0 Å². The van der Waals surface area contributed by atoms with E-state index in [9.17, 15) is 0 Å². The molecule has 0 spiro atoms. The van der Waals surface area contributed by atoms with Gasteiger partial charge in [-0.05, 0) is 79.2 Å². The maximum Gasteiger partial charge on any atom is 0.299 e. The molecule has 43 heavy (non-hydrogen) atoms. The highest BCUT2D eigenvalue weighted by Crippen LogP contribution is 2.41. The van der Waals surface area contributed by atoms with E-state index in [1.165, 1.54) is 0 Å². The van der Waals surface area contributed by atoms with Gasteiger partial charge in [-0.15, -0.1) is 0 Å². The van der Waals surface area contributed by atoms with Crippen LogP contribution in [0.25, 0.3) is 28.2 Å². The summed E-state index contributed by atoms with van der Waals surface area (Å²) in [7, 11) is 0. The summed E-state index contributed by atoms with van der Waals surface area (Å²) < 4.78 is 12.6. The molecule has 0 aliphatic heterocycles. The molecule has 0 saturated heterocycles. The average molecular weight is 561 g/mol. The van der Waals surface area contributed by atoms with E-state index in [2.05, 4.69) is 138 Å². The van der Waals surface area contributed by atoms with E-state index in [4.69, 9.17) is 8.83 Å². The van der Waals surface area contributed by atoms with Crippen molar-refractivity contribution in [3.05, 3.63) is 157 Å². The number of hydrogen-bond donors (Lipinski definition) is 0. The van der Waals surface area contributed by atoms with Crippen molar-refractivity contribution in [3.63, 3.8) is 0 Å². The molecule has 0 saturated carbocycles.